The minimum Gasteiger partial charge on any atom is -0.319 e. The van der Waals surface area contributed by atoms with Crippen LogP contribution >= 0.6 is 15.9 Å². The van der Waals surface area contributed by atoms with Crippen molar-refractivity contribution in [3.63, 3.8) is 0 Å². The van der Waals surface area contributed by atoms with Crippen molar-refractivity contribution in [3.05, 3.63) is 33.0 Å². The Bertz CT molecular complexity index is 337. The first kappa shape index (κ1) is 11.7. The molecule has 14 heavy (non-hydrogen) atoms. The molecule has 0 spiro atoms. The van der Waals surface area contributed by atoms with Gasteiger partial charge in [0.2, 0.25) is 0 Å². The second kappa shape index (κ2) is 4.89. The average Bonchev–Trinajstić information content (AvgIpc) is 2.18. The van der Waals surface area contributed by atoms with Gasteiger partial charge in [-0.15, -0.1) is 0 Å². The average molecular weight is 260 g/mol. The van der Waals surface area contributed by atoms with E-state index in [2.05, 4.69) is 21.2 Å². The summed E-state index contributed by atoms with van der Waals surface area (Å²) in [5.41, 5.74) is 2.89. The number of hydrogen-bond acceptors (Lipinski definition) is 1. The van der Waals surface area contributed by atoms with Crippen molar-refractivity contribution >= 4 is 15.9 Å². The molecule has 0 heterocycles. The van der Waals surface area contributed by atoms with Crippen molar-refractivity contribution < 1.29 is 4.39 Å². The monoisotopic (exact) mass is 259 g/mol. The molecular formula is C11H15BrFN. The normalized spacial score (nSPS) is 10.6. The molecule has 0 amide bonds. The highest BCUT2D eigenvalue weighted by molar-refractivity contribution is 9.10. The van der Waals surface area contributed by atoms with E-state index in [1.54, 1.807) is 13.0 Å². The summed E-state index contributed by atoms with van der Waals surface area (Å²) in [6.07, 6.45) is 0.859. The molecule has 78 valence electrons. The van der Waals surface area contributed by atoms with Gasteiger partial charge in [0.05, 0.1) is 0 Å². The first-order valence-corrected chi connectivity index (χ1v) is 5.46. The van der Waals surface area contributed by atoms with Gasteiger partial charge in [-0.3, -0.25) is 0 Å². The standard InChI is InChI=1S/C11H15BrFN/c1-7-9(4-5-14-3)6-10(13)8(2)11(7)12/h6,14H,4-5H2,1-3H3. The van der Waals surface area contributed by atoms with Gasteiger partial charge in [-0.1, -0.05) is 15.9 Å². The number of nitrogens with one attached hydrogen (secondary N) is 1. The topological polar surface area (TPSA) is 12.0 Å². The molecule has 0 aliphatic heterocycles. The highest BCUT2D eigenvalue weighted by Crippen LogP contribution is 2.26. The number of likely N-dealkylation sites (N-methyl/N-ethyl adjacent to an activating group) is 1. The van der Waals surface area contributed by atoms with Gasteiger partial charge in [0, 0.05) is 4.47 Å². The van der Waals surface area contributed by atoms with Gasteiger partial charge in [-0.25, -0.2) is 4.39 Å². The van der Waals surface area contributed by atoms with Gasteiger partial charge in [-0.05, 0) is 56.6 Å². The fraction of sp³-hybridized carbons (Fsp3) is 0.455. The van der Waals surface area contributed by atoms with Crippen LogP contribution < -0.4 is 5.32 Å². The van der Waals surface area contributed by atoms with Gasteiger partial charge in [0.15, 0.2) is 0 Å². The zero-order valence-corrected chi connectivity index (χ0v) is 10.3. The molecule has 1 rings (SSSR count). The molecule has 0 fully saturated rings. The Morgan fingerprint density at radius 2 is 2.00 bits per heavy atom. The fourth-order valence-corrected chi connectivity index (χ4v) is 1.86. The lowest BCUT2D eigenvalue weighted by Gasteiger charge is -2.10. The third kappa shape index (κ3) is 2.34. The van der Waals surface area contributed by atoms with Crippen molar-refractivity contribution in [3.8, 4) is 0 Å². The Labute approximate surface area is 92.8 Å². The van der Waals surface area contributed by atoms with E-state index in [1.807, 2.05) is 14.0 Å². The van der Waals surface area contributed by atoms with E-state index in [0.717, 1.165) is 28.6 Å². The predicted molar refractivity (Wildman–Crippen MR) is 61.2 cm³/mol. The van der Waals surface area contributed by atoms with E-state index in [9.17, 15) is 4.39 Å². The van der Waals surface area contributed by atoms with E-state index in [1.165, 1.54) is 0 Å². The van der Waals surface area contributed by atoms with E-state index >= 15 is 0 Å². The fourth-order valence-electron chi connectivity index (χ4n) is 1.42. The van der Waals surface area contributed by atoms with E-state index < -0.39 is 0 Å². The molecule has 0 aliphatic carbocycles. The van der Waals surface area contributed by atoms with E-state index in [0.29, 0.717) is 5.56 Å². The third-order valence-electron chi connectivity index (χ3n) is 2.44. The summed E-state index contributed by atoms with van der Waals surface area (Å²) in [5, 5.41) is 3.06. The van der Waals surface area contributed by atoms with Crippen LogP contribution in [-0.2, 0) is 6.42 Å². The zero-order chi connectivity index (χ0) is 10.7. The van der Waals surface area contributed by atoms with Gasteiger partial charge in [-0.2, -0.15) is 0 Å². The highest BCUT2D eigenvalue weighted by atomic mass is 79.9. The smallest absolute Gasteiger partial charge is 0.127 e. The van der Waals surface area contributed by atoms with Crippen molar-refractivity contribution in [1.82, 2.24) is 5.32 Å². The first-order valence-electron chi connectivity index (χ1n) is 4.66. The second-order valence-electron chi connectivity index (χ2n) is 3.44. The van der Waals surface area contributed by atoms with Crippen molar-refractivity contribution in [2.75, 3.05) is 13.6 Å². The van der Waals surface area contributed by atoms with Gasteiger partial charge >= 0.3 is 0 Å². The SMILES string of the molecule is CNCCc1cc(F)c(C)c(Br)c1C. The second-order valence-corrected chi connectivity index (χ2v) is 4.23. The lowest BCUT2D eigenvalue weighted by Crippen LogP contribution is -2.11. The molecule has 1 aromatic rings. The summed E-state index contributed by atoms with van der Waals surface area (Å²) in [7, 11) is 1.90. The molecule has 0 bridgehead atoms. The summed E-state index contributed by atoms with van der Waals surface area (Å²) >= 11 is 3.41. The van der Waals surface area contributed by atoms with Gasteiger partial charge < -0.3 is 5.32 Å². The first-order chi connectivity index (χ1) is 6.57. The summed E-state index contributed by atoms with van der Waals surface area (Å²) in [6.45, 7) is 4.67. The molecule has 3 heteroatoms. The maximum absolute atomic E-state index is 13.4. The maximum atomic E-state index is 13.4. The number of halogens is 2. The molecule has 0 saturated carbocycles. The van der Waals surface area contributed by atoms with Crippen LogP contribution in [0.15, 0.2) is 10.5 Å². The molecular weight excluding hydrogens is 245 g/mol. The molecule has 0 aliphatic rings. The molecule has 1 nitrogen and oxygen atoms in total. The van der Waals surface area contributed by atoms with Crippen LogP contribution in [0.1, 0.15) is 16.7 Å². The molecule has 1 aromatic carbocycles. The van der Waals surface area contributed by atoms with Crippen LogP contribution in [0.3, 0.4) is 0 Å². The summed E-state index contributed by atoms with van der Waals surface area (Å²) in [6, 6.07) is 1.63. The van der Waals surface area contributed by atoms with Gasteiger partial charge in [0.1, 0.15) is 5.82 Å². The zero-order valence-electron chi connectivity index (χ0n) is 8.75. The van der Waals surface area contributed by atoms with Crippen molar-refractivity contribution in [2.24, 2.45) is 0 Å². The molecule has 1 N–H and O–H groups in total. The van der Waals surface area contributed by atoms with E-state index in [-0.39, 0.29) is 5.82 Å². The summed E-state index contributed by atoms with van der Waals surface area (Å²) < 4.78 is 14.3. The Balaban J connectivity index is 3.06. The summed E-state index contributed by atoms with van der Waals surface area (Å²) in [4.78, 5) is 0. The van der Waals surface area contributed by atoms with Crippen molar-refractivity contribution in [1.29, 1.82) is 0 Å². The van der Waals surface area contributed by atoms with Crippen LogP contribution in [0.25, 0.3) is 0 Å². The maximum Gasteiger partial charge on any atom is 0.127 e. The molecule has 0 aromatic heterocycles. The number of rotatable bonds is 3. The molecule has 0 saturated heterocycles. The Kier molecular flexibility index (Phi) is 4.08. The van der Waals surface area contributed by atoms with Crippen LogP contribution in [-0.4, -0.2) is 13.6 Å². The number of benzene rings is 1. The molecule has 0 unspecified atom stereocenters. The van der Waals surface area contributed by atoms with Crippen LogP contribution in [0.2, 0.25) is 0 Å². The molecule has 0 atom stereocenters. The lowest BCUT2D eigenvalue weighted by molar-refractivity contribution is 0.613. The van der Waals surface area contributed by atoms with Gasteiger partial charge in [0.25, 0.3) is 0 Å². The largest absolute Gasteiger partial charge is 0.319 e. The molecule has 0 radical (unpaired) electrons. The highest BCUT2D eigenvalue weighted by Gasteiger charge is 2.09. The lowest BCUT2D eigenvalue weighted by atomic mass is 10.0. The minimum absolute atomic E-state index is 0.131. The van der Waals surface area contributed by atoms with Crippen LogP contribution in [0.4, 0.5) is 4.39 Å². The van der Waals surface area contributed by atoms with Crippen LogP contribution in [0.5, 0.6) is 0 Å². The Morgan fingerprint density at radius 3 is 2.57 bits per heavy atom. The van der Waals surface area contributed by atoms with E-state index in [4.69, 9.17) is 0 Å². The minimum atomic E-state index is -0.131. The predicted octanol–water partition coefficient (Wildman–Crippen LogP) is 2.97. The third-order valence-corrected chi connectivity index (χ3v) is 3.63. The Hall–Kier alpha value is -0.410. The van der Waals surface area contributed by atoms with Crippen LogP contribution in [0, 0.1) is 19.7 Å². The quantitative estimate of drug-likeness (QED) is 0.881. The van der Waals surface area contributed by atoms with Crippen molar-refractivity contribution in [2.45, 2.75) is 20.3 Å². The summed E-state index contributed by atoms with van der Waals surface area (Å²) in [5.74, 6) is -0.131. The Morgan fingerprint density at radius 1 is 1.36 bits per heavy atom. The number of hydrogen-bond donors (Lipinski definition) is 1.